The SMILES string of the molecule is CC1(CCCCCI)CCCC1. The summed E-state index contributed by atoms with van der Waals surface area (Å²) in [4.78, 5) is 0. The molecule has 72 valence electrons. The van der Waals surface area contributed by atoms with Gasteiger partial charge >= 0.3 is 0 Å². The second-order valence-corrected chi connectivity index (χ2v) is 5.60. The number of hydrogen-bond donors (Lipinski definition) is 0. The minimum Gasteiger partial charge on any atom is -0.0864 e. The number of hydrogen-bond acceptors (Lipinski definition) is 0. The van der Waals surface area contributed by atoms with Crippen LogP contribution in [-0.2, 0) is 0 Å². The fourth-order valence-electron chi connectivity index (χ4n) is 2.30. The fraction of sp³-hybridized carbons (Fsp3) is 1.00. The number of halogens is 1. The average molecular weight is 280 g/mol. The van der Waals surface area contributed by atoms with E-state index in [-0.39, 0.29) is 0 Å². The van der Waals surface area contributed by atoms with E-state index in [0.717, 1.165) is 5.41 Å². The molecular formula is C11H21I. The molecule has 1 rings (SSSR count). The molecule has 0 aromatic rings. The van der Waals surface area contributed by atoms with Crippen molar-refractivity contribution >= 4 is 22.6 Å². The molecule has 1 aliphatic carbocycles. The second-order valence-electron chi connectivity index (χ2n) is 4.52. The molecule has 0 aromatic carbocycles. The summed E-state index contributed by atoms with van der Waals surface area (Å²) in [5.41, 5.74) is 0.741. The lowest BCUT2D eigenvalue weighted by atomic mass is 9.83. The normalized spacial score (nSPS) is 21.5. The van der Waals surface area contributed by atoms with E-state index in [9.17, 15) is 0 Å². The molecule has 0 saturated heterocycles. The molecule has 0 N–H and O–H groups in total. The van der Waals surface area contributed by atoms with Crippen LogP contribution in [-0.4, -0.2) is 4.43 Å². The lowest BCUT2D eigenvalue weighted by Crippen LogP contribution is -2.10. The third-order valence-electron chi connectivity index (χ3n) is 3.22. The summed E-state index contributed by atoms with van der Waals surface area (Å²) >= 11 is 2.48. The predicted molar refractivity (Wildman–Crippen MR) is 63.9 cm³/mol. The Morgan fingerprint density at radius 2 is 1.75 bits per heavy atom. The highest BCUT2D eigenvalue weighted by molar-refractivity contribution is 14.1. The number of alkyl halides is 1. The predicted octanol–water partition coefficient (Wildman–Crippen LogP) is 4.56. The zero-order valence-corrected chi connectivity index (χ0v) is 10.4. The van der Waals surface area contributed by atoms with Gasteiger partial charge in [-0.15, -0.1) is 0 Å². The second kappa shape index (κ2) is 5.46. The van der Waals surface area contributed by atoms with Crippen molar-refractivity contribution < 1.29 is 0 Å². The van der Waals surface area contributed by atoms with Crippen molar-refractivity contribution in [3.63, 3.8) is 0 Å². The smallest absolute Gasteiger partial charge is 0.000473 e. The van der Waals surface area contributed by atoms with Crippen molar-refractivity contribution in [2.24, 2.45) is 5.41 Å². The highest BCUT2D eigenvalue weighted by atomic mass is 127. The Labute approximate surface area is 90.6 Å². The van der Waals surface area contributed by atoms with Gasteiger partial charge in [-0.3, -0.25) is 0 Å². The molecule has 0 amide bonds. The highest BCUT2D eigenvalue weighted by Crippen LogP contribution is 2.41. The molecule has 1 fully saturated rings. The number of rotatable bonds is 5. The van der Waals surface area contributed by atoms with Crippen LogP contribution < -0.4 is 0 Å². The van der Waals surface area contributed by atoms with Crippen LogP contribution in [0.2, 0.25) is 0 Å². The molecule has 0 atom stereocenters. The Balaban J connectivity index is 2.05. The van der Waals surface area contributed by atoms with Crippen LogP contribution in [0.3, 0.4) is 0 Å². The van der Waals surface area contributed by atoms with E-state index >= 15 is 0 Å². The summed E-state index contributed by atoms with van der Waals surface area (Å²) in [7, 11) is 0. The van der Waals surface area contributed by atoms with Crippen LogP contribution in [0.5, 0.6) is 0 Å². The van der Waals surface area contributed by atoms with Gasteiger partial charge in [-0.1, -0.05) is 55.2 Å². The summed E-state index contributed by atoms with van der Waals surface area (Å²) in [6.07, 6.45) is 11.8. The van der Waals surface area contributed by atoms with Gasteiger partial charge in [0, 0.05) is 0 Å². The van der Waals surface area contributed by atoms with Crippen LogP contribution in [0.25, 0.3) is 0 Å². The summed E-state index contributed by atoms with van der Waals surface area (Å²) in [6, 6.07) is 0. The van der Waals surface area contributed by atoms with Gasteiger partial charge in [0.1, 0.15) is 0 Å². The first-order chi connectivity index (χ1) is 5.77. The molecule has 0 aromatic heterocycles. The van der Waals surface area contributed by atoms with Gasteiger partial charge in [0.2, 0.25) is 0 Å². The fourth-order valence-corrected chi connectivity index (χ4v) is 2.84. The Kier molecular flexibility index (Phi) is 4.92. The van der Waals surface area contributed by atoms with Gasteiger partial charge in [-0.2, -0.15) is 0 Å². The highest BCUT2D eigenvalue weighted by Gasteiger charge is 2.27. The lowest BCUT2D eigenvalue weighted by Gasteiger charge is -2.22. The Morgan fingerprint density at radius 3 is 2.33 bits per heavy atom. The van der Waals surface area contributed by atoms with Crippen molar-refractivity contribution in [3.8, 4) is 0 Å². The molecule has 0 aliphatic heterocycles. The molecule has 12 heavy (non-hydrogen) atoms. The van der Waals surface area contributed by atoms with Gasteiger partial charge in [0.05, 0.1) is 0 Å². The average Bonchev–Trinajstić information content (AvgIpc) is 2.47. The molecule has 1 heteroatoms. The van der Waals surface area contributed by atoms with Crippen LogP contribution in [0.1, 0.15) is 58.3 Å². The van der Waals surface area contributed by atoms with Gasteiger partial charge < -0.3 is 0 Å². The zero-order valence-electron chi connectivity index (χ0n) is 8.24. The minimum atomic E-state index is 0.741. The zero-order chi connectivity index (χ0) is 8.86. The van der Waals surface area contributed by atoms with Crippen molar-refractivity contribution in [2.45, 2.75) is 58.3 Å². The van der Waals surface area contributed by atoms with E-state index in [1.807, 2.05) is 0 Å². The van der Waals surface area contributed by atoms with Crippen LogP contribution >= 0.6 is 22.6 Å². The first kappa shape index (κ1) is 10.8. The summed E-state index contributed by atoms with van der Waals surface area (Å²) in [5.74, 6) is 0. The maximum absolute atomic E-state index is 2.49. The number of unbranched alkanes of at least 4 members (excludes halogenated alkanes) is 2. The standard InChI is InChI=1S/C11H21I/c1-11(8-4-5-9-11)7-3-2-6-10-12/h2-10H2,1H3. The molecule has 0 spiro atoms. The lowest BCUT2D eigenvalue weighted by molar-refractivity contribution is 0.296. The van der Waals surface area contributed by atoms with Gasteiger partial charge in [-0.05, 0) is 35.5 Å². The molecule has 0 unspecified atom stereocenters. The Morgan fingerprint density at radius 1 is 1.08 bits per heavy atom. The first-order valence-electron chi connectivity index (χ1n) is 5.33. The van der Waals surface area contributed by atoms with Gasteiger partial charge in [0.25, 0.3) is 0 Å². The Hall–Kier alpha value is 0.730. The van der Waals surface area contributed by atoms with E-state index in [0.29, 0.717) is 0 Å². The largest absolute Gasteiger partial charge is 0.0864 e. The molecule has 0 bridgehead atoms. The van der Waals surface area contributed by atoms with E-state index < -0.39 is 0 Å². The van der Waals surface area contributed by atoms with Crippen molar-refractivity contribution in [2.75, 3.05) is 4.43 Å². The van der Waals surface area contributed by atoms with Gasteiger partial charge in [0.15, 0.2) is 0 Å². The van der Waals surface area contributed by atoms with Crippen LogP contribution in [0, 0.1) is 5.41 Å². The molecule has 1 aliphatic rings. The summed E-state index contributed by atoms with van der Waals surface area (Å²) in [6.45, 7) is 2.49. The monoisotopic (exact) mass is 280 g/mol. The Bertz CT molecular complexity index is 114. The van der Waals surface area contributed by atoms with E-state index in [1.54, 1.807) is 0 Å². The van der Waals surface area contributed by atoms with E-state index in [1.165, 1.54) is 55.8 Å². The molecule has 0 heterocycles. The van der Waals surface area contributed by atoms with Gasteiger partial charge in [-0.25, -0.2) is 0 Å². The quantitative estimate of drug-likeness (QED) is 0.393. The van der Waals surface area contributed by atoms with E-state index in [4.69, 9.17) is 0 Å². The molecular weight excluding hydrogens is 259 g/mol. The first-order valence-corrected chi connectivity index (χ1v) is 6.85. The molecule has 0 radical (unpaired) electrons. The molecule has 0 nitrogen and oxygen atoms in total. The topological polar surface area (TPSA) is 0 Å². The third kappa shape index (κ3) is 3.63. The van der Waals surface area contributed by atoms with Crippen molar-refractivity contribution in [3.05, 3.63) is 0 Å². The summed E-state index contributed by atoms with van der Waals surface area (Å²) in [5, 5.41) is 0. The maximum atomic E-state index is 2.49. The van der Waals surface area contributed by atoms with Crippen LogP contribution in [0.15, 0.2) is 0 Å². The van der Waals surface area contributed by atoms with E-state index in [2.05, 4.69) is 29.5 Å². The van der Waals surface area contributed by atoms with Crippen molar-refractivity contribution in [1.29, 1.82) is 0 Å². The maximum Gasteiger partial charge on any atom is -0.000473 e. The molecule has 1 saturated carbocycles. The van der Waals surface area contributed by atoms with Crippen molar-refractivity contribution in [1.82, 2.24) is 0 Å². The summed E-state index contributed by atoms with van der Waals surface area (Å²) < 4.78 is 1.34. The third-order valence-corrected chi connectivity index (χ3v) is 3.99. The minimum absolute atomic E-state index is 0.741. The van der Waals surface area contributed by atoms with Crippen LogP contribution in [0.4, 0.5) is 0 Å².